The van der Waals surface area contributed by atoms with E-state index in [1.54, 1.807) is 0 Å². The van der Waals surface area contributed by atoms with Gasteiger partial charge in [-0.05, 0) is 0 Å². The van der Waals surface area contributed by atoms with Crippen LogP contribution in [0.2, 0.25) is 0 Å². The van der Waals surface area contributed by atoms with Gasteiger partial charge in [0.1, 0.15) is 36.6 Å². The van der Waals surface area contributed by atoms with Crippen molar-refractivity contribution in [3.8, 4) is 0 Å². The molecular formula is C20H26N10O15P2. The van der Waals surface area contributed by atoms with Gasteiger partial charge in [0.05, 0.1) is 25.9 Å². The lowest BCUT2D eigenvalue weighted by atomic mass is 10.1. The van der Waals surface area contributed by atoms with Crippen LogP contribution in [0.4, 0.5) is 11.9 Å². The number of phosphoric ester groups is 2. The second-order valence-corrected chi connectivity index (χ2v) is 12.9. The van der Waals surface area contributed by atoms with Crippen molar-refractivity contribution in [3.63, 3.8) is 0 Å². The molecule has 6 heterocycles. The molecule has 2 aliphatic rings. The maximum atomic E-state index is 13.0. The van der Waals surface area contributed by atoms with Crippen LogP contribution in [0.25, 0.3) is 22.3 Å². The molecule has 0 amide bonds. The molecule has 27 heteroatoms. The van der Waals surface area contributed by atoms with Gasteiger partial charge in [0.15, 0.2) is 34.8 Å². The number of ether oxygens (including phenoxy) is 2. The molecule has 2 fully saturated rings. The summed E-state index contributed by atoms with van der Waals surface area (Å²) in [6.45, 7) is -1.86. The quantitative estimate of drug-likeness (QED) is 0.0700. The van der Waals surface area contributed by atoms with E-state index in [1.165, 1.54) is 0 Å². The van der Waals surface area contributed by atoms with Crippen LogP contribution in [-0.2, 0) is 32.2 Å². The van der Waals surface area contributed by atoms with Crippen LogP contribution in [0.5, 0.6) is 0 Å². The minimum absolute atomic E-state index is 0.0956. The van der Waals surface area contributed by atoms with Crippen molar-refractivity contribution in [1.82, 2.24) is 39.0 Å². The molecule has 47 heavy (non-hydrogen) atoms. The number of nitrogen functional groups attached to an aromatic ring is 2. The number of phosphoric acid groups is 2. The van der Waals surface area contributed by atoms with Crippen LogP contribution in [0.15, 0.2) is 22.2 Å². The van der Waals surface area contributed by atoms with Crippen molar-refractivity contribution in [2.24, 2.45) is 0 Å². The maximum absolute atomic E-state index is 13.0. The molecule has 256 valence electrons. The number of fused-ring (bicyclic) bond motifs is 2. The van der Waals surface area contributed by atoms with Crippen molar-refractivity contribution >= 4 is 49.9 Å². The van der Waals surface area contributed by atoms with Crippen LogP contribution >= 0.6 is 15.6 Å². The zero-order chi connectivity index (χ0) is 34.0. The summed E-state index contributed by atoms with van der Waals surface area (Å²) in [5, 5.41) is 32.3. The lowest BCUT2D eigenvalue weighted by molar-refractivity contribution is -0.0582. The third kappa shape index (κ3) is 6.44. The van der Waals surface area contributed by atoms with E-state index in [-0.39, 0.29) is 34.2 Å². The van der Waals surface area contributed by atoms with Gasteiger partial charge < -0.3 is 50.9 Å². The summed E-state index contributed by atoms with van der Waals surface area (Å²) < 4.78 is 52.4. The summed E-state index contributed by atoms with van der Waals surface area (Å²) >= 11 is 0. The van der Waals surface area contributed by atoms with Gasteiger partial charge in [0, 0.05) is 0 Å². The number of aliphatic hydroxyl groups excluding tert-OH is 3. The largest absolute Gasteiger partial charge is 0.472 e. The molecule has 9 atom stereocenters. The Balaban J connectivity index is 1.19. The topological polar surface area (TPSA) is 381 Å². The lowest BCUT2D eigenvalue weighted by Crippen LogP contribution is -2.37. The number of nitrogens with zero attached hydrogens (tertiary/aromatic N) is 6. The van der Waals surface area contributed by atoms with Gasteiger partial charge in [-0.25, -0.2) is 19.1 Å². The van der Waals surface area contributed by atoms with Gasteiger partial charge >= 0.3 is 15.6 Å². The molecule has 0 aliphatic carbocycles. The number of nitrogens with one attached hydrogen (secondary N) is 2. The SMILES string of the molecule is Nc1nc2c(ncn2C2OC(COP(=O)(O)OC3C(COP(=O)(O)O)OC(n4cnc5c(=O)[nH]c(N)nc54)C3O)C(O)C2O)c(=O)[nH]1. The summed E-state index contributed by atoms with van der Waals surface area (Å²) in [4.78, 5) is 73.3. The number of nitrogens with two attached hydrogens (primary N) is 2. The standard InChI is InChI=1S/C20H26N10O15P2/c21-19-25-13-7(15(34)27-19)23-3-29(13)17-10(32)9(31)5(43-17)1-42-47(39,40)45-12-6(2-41-46(36,37)38)44-18(11(12)33)30-4-24-8-14(30)26-20(22)28-16(8)35/h3-6,9-12,17-18,31-33H,1-2H2,(H,39,40)(H2,36,37,38)(H3,21,25,27,34)(H3,22,26,28,35). The monoisotopic (exact) mass is 708 g/mol. The van der Waals surface area contributed by atoms with E-state index in [1.807, 2.05) is 0 Å². The number of anilines is 2. The predicted octanol–water partition coefficient (Wildman–Crippen LogP) is -4.09. The smallest absolute Gasteiger partial charge is 0.387 e. The van der Waals surface area contributed by atoms with Crippen LogP contribution in [0, 0.1) is 0 Å². The Hall–Kier alpha value is -3.68. The average Bonchev–Trinajstić information content (AvgIpc) is 3.72. The highest BCUT2D eigenvalue weighted by molar-refractivity contribution is 7.47. The Bertz CT molecular complexity index is 2030. The molecule has 6 rings (SSSR count). The molecule has 2 aliphatic heterocycles. The predicted molar refractivity (Wildman–Crippen MR) is 150 cm³/mol. The highest BCUT2D eigenvalue weighted by Crippen LogP contribution is 2.50. The van der Waals surface area contributed by atoms with E-state index < -0.39 is 89.1 Å². The molecule has 0 aromatic carbocycles. The number of imidazole rings is 2. The third-order valence-electron chi connectivity index (χ3n) is 7.16. The fraction of sp³-hybridized carbons (Fsp3) is 0.500. The lowest BCUT2D eigenvalue weighted by Gasteiger charge is -2.24. The van der Waals surface area contributed by atoms with E-state index >= 15 is 0 Å². The average molecular weight is 708 g/mol. The molecule has 0 spiro atoms. The van der Waals surface area contributed by atoms with Gasteiger partial charge in [-0.15, -0.1) is 0 Å². The molecule has 25 nitrogen and oxygen atoms in total. The van der Waals surface area contributed by atoms with Crippen LogP contribution in [0.1, 0.15) is 12.5 Å². The molecule has 0 saturated carbocycles. The van der Waals surface area contributed by atoms with Gasteiger partial charge in [-0.3, -0.25) is 42.3 Å². The molecule has 9 unspecified atom stereocenters. The van der Waals surface area contributed by atoms with Crippen molar-refractivity contribution in [2.45, 2.75) is 49.1 Å². The molecule has 0 bridgehead atoms. The van der Waals surface area contributed by atoms with E-state index in [0.29, 0.717) is 0 Å². The Labute approximate surface area is 258 Å². The van der Waals surface area contributed by atoms with E-state index in [9.17, 15) is 48.7 Å². The number of aromatic amines is 2. The van der Waals surface area contributed by atoms with Gasteiger partial charge in [0.25, 0.3) is 11.1 Å². The highest BCUT2D eigenvalue weighted by Gasteiger charge is 2.51. The molecule has 0 radical (unpaired) electrons. The molecular weight excluding hydrogens is 682 g/mol. The summed E-state index contributed by atoms with van der Waals surface area (Å²) in [5.41, 5.74) is 9.12. The summed E-state index contributed by atoms with van der Waals surface area (Å²) in [6, 6.07) is 0. The Morgan fingerprint density at radius 1 is 0.787 bits per heavy atom. The Morgan fingerprint density at radius 2 is 1.28 bits per heavy atom. The first-order valence-electron chi connectivity index (χ1n) is 13.2. The first-order valence-corrected chi connectivity index (χ1v) is 16.2. The minimum Gasteiger partial charge on any atom is -0.387 e. The zero-order valence-electron chi connectivity index (χ0n) is 23.3. The number of H-pyrrole nitrogens is 2. The molecule has 2 saturated heterocycles. The van der Waals surface area contributed by atoms with E-state index in [2.05, 4.69) is 34.4 Å². The van der Waals surface area contributed by atoms with Gasteiger partial charge in [-0.2, -0.15) is 9.97 Å². The third-order valence-corrected chi connectivity index (χ3v) is 8.63. The molecule has 4 aromatic rings. The van der Waals surface area contributed by atoms with Gasteiger partial charge in [-0.1, -0.05) is 0 Å². The van der Waals surface area contributed by atoms with Crippen LogP contribution < -0.4 is 22.6 Å². The maximum Gasteiger partial charge on any atom is 0.472 e. The van der Waals surface area contributed by atoms with Crippen molar-refractivity contribution < 1.29 is 62.2 Å². The zero-order valence-corrected chi connectivity index (χ0v) is 25.1. The van der Waals surface area contributed by atoms with E-state index in [4.69, 9.17) is 30.0 Å². The Kier molecular flexibility index (Phi) is 8.54. The normalized spacial score (nSPS) is 29.6. The number of rotatable bonds is 10. The fourth-order valence-corrected chi connectivity index (χ4v) is 6.40. The number of hydrogen-bond donors (Lipinski definition) is 10. The molecule has 4 aromatic heterocycles. The number of aromatic nitrogens is 8. The van der Waals surface area contributed by atoms with Crippen molar-refractivity contribution in [3.05, 3.63) is 33.4 Å². The molecule has 12 N–H and O–H groups in total. The number of aliphatic hydroxyl groups is 3. The summed E-state index contributed by atoms with van der Waals surface area (Å²) in [5.74, 6) is -0.589. The highest BCUT2D eigenvalue weighted by atomic mass is 31.2. The first-order chi connectivity index (χ1) is 22.0. The van der Waals surface area contributed by atoms with Crippen molar-refractivity contribution in [2.75, 3.05) is 24.7 Å². The summed E-state index contributed by atoms with van der Waals surface area (Å²) in [6.07, 6.45) is -11.1. The van der Waals surface area contributed by atoms with Gasteiger partial charge in [0.2, 0.25) is 11.9 Å². The minimum atomic E-state index is -5.25. The second-order valence-electron chi connectivity index (χ2n) is 10.3. The second kappa shape index (κ2) is 12.1. The summed E-state index contributed by atoms with van der Waals surface area (Å²) in [7, 11) is -10.4. The van der Waals surface area contributed by atoms with Crippen molar-refractivity contribution in [1.29, 1.82) is 0 Å². The number of hydrogen-bond acceptors (Lipinski definition) is 18. The Morgan fingerprint density at radius 3 is 1.81 bits per heavy atom. The fourth-order valence-electron chi connectivity index (χ4n) is 5.09. The van der Waals surface area contributed by atoms with Crippen LogP contribution in [0.3, 0.4) is 0 Å². The van der Waals surface area contributed by atoms with Crippen LogP contribution in [-0.4, -0.2) is 119 Å². The van der Waals surface area contributed by atoms with E-state index in [0.717, 1.165) is 21.8 Å². The first kappa shape index (κ1) is 33.2.